The highest BCUT2D eigenvalue weighted by Gasteiger charge is 2.09. The third-order valence-electron chi connectivity index (χ3n) is 2.28. The van der Waals surface area contributed by atoms with Crippen LogP contribution in [0.4, 0.5) is 5.69 Å². The van der Waals surface area contributed by atoms with E-state index in [2.05, 4.69) is 15.6 Å². The Balaban J connectivity index is 2.07. The van der Waals surface area contributed by atoms with Gasteiger partial charge in [-0.3, -0.25) is 9.48 Å². The number of nitrogens with two attached hydrogens (primary N) is 1. The Morgan fingerprint density at radius 2 is 2.12 bits per heavy atom. The summed E-state index contributed by atoms with van der Waals surface area (Å²) in [5, 5.41) is 10.1. The maximum atomic E-state index is 11.7. The quantitative estimate of drug-likeness (QED) is 0.806. The lowest BCUT2D eigenvalue weighted by molar-refractivity contribution is 0.102. The van der Waals surface area contributed by atoms with Gasteiger partial charge < -0.3 is 11.1 Å². The smallest absolute Gasteiger partial charge is 0.277 e. The third kappa shape index (κ3) is 2.67. The molecule has 6 heteroatoms. The summed E-state index contributed by atoms with van der Waals surface area (Å²) in [5.41, 5.74) is 7.50. The fraction of sp³-hybridized carbons (Fsp3) is 0.182. The van der Waals surface area contributed by atoms with Gasteiger partial charge in [-0.1, -0.05) is 17.3 Å². The van der Waals surface area contributed by atoms with E-state index in [-0.39, 0.29) is 11.6 Å². The van der Waals surface area contributed by atoms with Crippen molar-refractivity contribution in [1.82, 2.24) is 15.0 Å². The van der Waals surface area contributed by atoms with Crippen molar-refractivity contribution < 1.29 is 4.79 Å². The molecule has 3 N–H and O–H groups in total. The molecule has 1 aromatic carbocycles. The molecule has 0 saturated heterocycles. The lowest BCUT2D eigenvalue weighted by Crippen LogP contribution is -2.12. The zero-order valence-electron chi connectivity index (χ0n) is 9.42. The van der Waals surface area contributed by atoms with E-state index >= 15 is 0 Å². The standard InChI is InChI=1S/C11H13N5O/c1-16-7-10(14-15-16)11(17)13-9-4-2-8(6-12)3-5-9/h2-5,7H,6,12H2,1H3,(H,13,17). The highest BCUT2D eigenvalue weighted by molar-refractivity contribution is 6.02. The lowest BCUT2D eigenvalue weighted by atomic mass is 10.2. The highest BCUT2D eigenvalue weighted by atomic mass is 16.2. The number of nitrogens with one attached hydrogen (secondary N) is 1. The van der Waals surface area contributed by atoms with Crippen LogP contribution < -0.4 is 11.1 Å². The Bertz CT molecular complexity index is 517. The molecule has 0 aliphatic heterocycles. The fourth-order valence-corrected chi connectivity index (χ4v) is 1.37. The van der Waals surface area contributed by atoms with Gasteiger partial charge in [-0.05, 0) is 17.7 Å². The predicted octanol–water partition coefficient (Wildman–Crippen LogP) is 0.526. The topological polar surface area (TPSA) is 85.8 Å². The van der Waals surface area contributed by atoms with Crippen LogP contribution in [0.2, 0.25) is 0 Å². The number of benzene rings is 1. The van der Waals surface area contributed by atoms with Crippen molar-refractivity contribution in [2.24, 2.45) is 12.8 Å². The molecule has 2 aromatic rings. The van der Waals surface area contributed by atoms with Gasteiger partial charge in [-0.25, -0.2) is 0 Å². The molecule has 0 saturated carbocycles. The molecule has 0 radical (unpaired) electrons. The number of amides is 1. The monoisotopic (exact) mass is 231 g/mol. The van der Waals surface area contributed by atoms with Crippen LogP contribution in [0.25, 0.3) is 0 Å². The third-order valence-corrected chi connectivity index (χ3v) is 2.28. The summed E-state index contributed by atoms with van der Waals surface area (Å²) in [6.45, 7) is 0.485. The molecule has 1 aromatic heterocycles. The Morgan fingerprint density at radius 3 is 2.65 bits per heavy atom. The van der Waals surface area contributed by atoms with Crippen LogP contribution in [0.5, 0.6) is 0 Å². The maximum absolute atomic E-state index is 11.7. The van der Waals surface area contributed by atoms with Gasteiger partial charge in [0.25, 0.3) is 5.91 Å². The molecule has 6 nitrogen and oxygen atoms in total. The van der Waals surface area contributed by atoms with Crippen LogP contribution in [-0.4, -0.2) is 20.9 Å². The molecule has 88 valence electrons. The van der Waals surface area contributed by atoms with E-state index in [1.54, 1.807) is 25.4 Å². The number of rotatable bonds is 3. The molecule has 2 rings (SSSR count). The second-order valence-corrected chi connectivity index (χ2v) is 3.63. The summed E-state index contributed by atoms with van der Waals surface area (Å²) in [4.78, 5) is 11.7. The van der Waals surface area contributed by atoms with Crippen LogP contribution in [0.3, 0.4) is 0 Å². The molecule has 0 atom stereocenters. The van der Waals surface area contributed by atoms with Crippen LogP contribution in [0.15, 0.2) is 30.5 Å². The van der Waals surface area contributed by atoms with Crippen molar-refractivity contribution in [1.29, 1.82) is 0 Å². The van der Waals surface area contributed by atoms with E-state index in [4.69, 9.17) is 5.73 Å². The number of carbonyl (C=O) groups excluding carboxylic acids is 1. The number of hydrogen-bond acceptors (Lipinski definition) is 4. The Morgan fingerprint density at radius 1 is 1.41 bits per heavy atom. The van der Waals surface area contributed by atoms with E-state index in [9.17, 15) is 4.79 Å². The second-order valence-electron chi connectivity index (χ2n) is 3.63. The zero-order valence-corrected chi connectivity index (χ0v) is 9.42. The lowest BCUT2D eigenvalue weighted by Gasteiger charge is -2.03. The van der Waals surface area contributed by atoms with Crippen LogP contribution in [0.1, 0.15) is 16.1 Å². The van der Waals surface area contributed by atoms with Gasteiger partial charge in [0.05, 0.1) is 6.20 Å². The second kappa shape index (κ2) is 4.75. The number of aromatic nitrogens is 3. The molecule has 0 fully saturated rings. The SMILES string of the molecule is Cn1cc(C(=O)Nc2ccc(CN)cc2)nn1. The summed E-state index contributed by atoms with van der Waals surface area (Å²) >= 11 is 0. The average molecular weight is 231 g/mol. The van der Waals surface area contributed by atoms with Crippen molar-refractivity contribution in [3.8, 4) is 0 Å². The van der Waals surface area contributed by atoms with Gasteiger partial charge >= 0.3 is 0 Å². The normalized spacial score (nSPS) is 10.2. The molecular formula is C11H13N5O. The van der Waals surface area contributed by atoms with Crippen molar-refractivity contribution in [2.45, 2.75) is 6.54 Å². The highest BCUT2D eigenvalue weighted by Crippen LogP contribution is 2.10. The Kier molecular flexibility index (Phi) is 3.15. The molecule has 0 spiro atoms. The predicted molar refractivity (Wildman–Crippen MR) is 63.3 cm³/mol. The first-order valence-corrected chi connectivity index (χ1v) is 5.15. The number of hydrogen-bond donors (Lipinski definition) is 2. The molecule has 0 unspecified atom stereocenters. The number of carbonyl (C=O) groups is 1. The molecule has 0 aliphatic rings. The van der Waals surface area contributed by atoms with E-state index in [0.29, 0.717) is 12.2 Å². The molecule has 17 heavy (non-hydrogen) atoms. The largest absolute Gasteiger partial charge is 0.326 e. The van der Waals surface area contributed by atoms with Gasteiger partial charge in [0, 0.05) is 19.3 Å². The molecule has 0 bridgehead atoms. The van der Waals surface area contributed by atoms with Crippen LogP contribution in [-0.2, 0) is 13.6 Å². The minimum atomic E-state index is -0.279. The molecule has 0 aliphatic carbocycles. The van der Waals surface area contributed by atoms with Crippen LogP contribution in [0, 0.1) is 0 Å². The molecular weight excluding hydrogens is 218 g/mol. The summed E-state index contributed by atoms with van der Waals surface area (Å²) in [5.74, 6) is -0.279. The minimum Gasteiger partial charge on any atom is -0.326 e. The Hall–Kier alpha value is -2.21. The first-order valence-electron chi connectivity index (χ1n) is 5.15. The van der Waals surface area contributed by atoms with Crippen LogP contribution >= 0.6 is 0 Å². The zero-order chi connectivity index (χ0) is 12.3. The first kappa shape index (κ1) is 11.3. The van der Waals surface area contributed by atoms with Crippen molar-refractivity contribution >= 4 is 11.6 Å². The Labute approximate surface area is 98.4 Å². The summed E-state index contributed by atoms with van der Waals surface area (Å²) in [6.07, 6.45) is 1.56. The average Bonchev–Trinajstić information content (AvgIpc) is 2.77. The number of nitrogens with zero attached hydrogens (tertiary/aromatic N) is 3. The van der Waals surface area contributed by atoms with E-state index in [1.165, 1.54) is 4.68 Å². The number of anilines is 1. The van der Waals surface area contributed by atoms with E-state index < -0.39 is 0 Å². The van der Waals surface area contributed by atoms with Gasteiger partial charge in [-0.2, -0.15) is 0 Å². The summed E-state index contributed by atoms with van der Waals surface area (Å²) < 4.78 is 1.48. The van der Waals surface area contributed by atoms with E-state index in [1.807, 2.05) is 12.1 Å². The molecule has 1 heterocycles. The molecule has 1 amide bonds. The maximum Gasteiger partial charge on any atom is 0.277 e. The van der Waals surface area contributed by atoms with Gasteiger partial charge in [0.15, 0.2) is 5.69 Å². The summed E-state index contributed by atoms with van der Waals surface area (Å²) in [6, 6.07) is 7.34. The van der Waals surface area contributed by atoms with Gasteiger partial charge in [0.2, 0.25) is 0 Å². The van der Waals surface area contributed by atoms with Crippen molar-refractivity contribution in [2.75, 3.05) is 5.32 Å². The number of aryl methyl sites for hydroxylation is 1. The van der Waals surface area contributed by atoms with E-state index in [0.717, 1.165) is 5.56 Å². The van der Waals surface area contributed by atoms with Gasteiger partial charge in [0.1, 0.15) is 0 Å². The fourth-order valence-electron chi connectivity index (χ4n) is 1.37. The minimum absolute atomic E-state index is 0.279. The first-order chi connectivity index (χ1) is 8.19. The van der Waals surface area contributed by atoms with Crippen molar-refractivity contribution in [3.05, 3.63) is 41.7 Å². The van der Waals surface area contributed by atoms with Crippen molar-refractivity contribution in [3.63, 3.8) is 0 Å². The summed E-state index contributed by atoms with van der Waals surface area (Å²) in [7, 11) is 1.71. The van der Waals surface area contributed by atoms with Gasteiger partial charge in [-0.15, -0.1) is 5.10 Å².